The smallest absolute Gasteiger partial charge is 0.195 e. The third-order valence-corrected chi connectivity index (χ3v) is 4.13. The first-order valence-electron chi connectivity index (χ1n) is 6.93. The van der Waals surface area contributed by atoms with Crippen LogP contribution in [0.5, 0.6) is 5.75 Å². The highest BCUT2D eigenvalue weighted by Crippen LogP contribution is 2.26. The highest BCUT2D eigenvalue weighted by molar-refractivity contribution is 6.00. The van der Waals surface area contributed by atoms with Crippen LogP contribution in [0.25, 0.3) is 0 Å². The van der Waals surface area contributed by atoms with Crippen molar-refractivity contribution in [2.45, 2.75) is 25.0 Å². The van der Waals surface area contributed by atoms with Crippen molar-refractivity contribution >= 4 is 5.78 Å². The molecule has 2 aliphatic heterocycles. The van der Waals surface area contributed by atoms with E-state index >= 15 is 0 Å². The first-order valence-corrected chi connectivity index (χ1v) is 6.93. The maximum absolute atomic E-state index is 14.1. The number of carbonyl (C=O) groups is 1. The van der Waals surface area contributed by atoms with Gasteiger partial charge in [0.15, 0.2) is 17.3 Å². The van der Waals surface area contributed by atoms with Gasteiger partial charge in [-0.05, 0) is 31.5 Å². The van der Waals surface area contributed by atoms with Gasteiger partial charge in [-0.15, -0.1) is 0 Å². The van der Waals surface area contributed by atoms with E-state index in [9.17, 15) is 9.18 Å². The van der Waals surface area contributed by atoms with Crippen molar-refractivity contribution in [3.63, 3.8) is 0 Å². The second kappa shape index (κ2) is 5.50. The summed E-state index contributed by atoms with van der Waals surface area (Å²) in [6.07, 6.45) is 1.68. The molecule has 3 rings (SSSR count). The Morgan fingerprint density at radius 3 is 3.15 bits per heavy atom. The molecular formula is C15H18FNO3. The van der Waals surface area contributed by atoms with Crippen molar-refractivity contribution in [3.8, 4) is 5.75 Å². The third-order valence-electron chi connectivity index (χ3n) is 4.13. The van der Waals surface area contributed by atoms with Crippen LogP contribution in [-0.2, 0) is 4.74 Å². The van der Waals surface area contributed by atoms with Crippen molar-refractivity contribution in [2.75, 3.05) is 26.8 Å². The van der Waals surface area contributed by atoms with Crippen LogP contribution in [0, 0.1) is 5.82 Å². The molecule has 2 saturated heterocycles. The lowest BCUT2D eigenvalue weighted by molar-refractivity contribution is -0.0346. The Morgan fingerprint density at radius 1 is 1.50 bits per heavy atom. The lowest BCUT2D eigenvalue weighted by atomic mass is 10.0. The number of halogens is 1. The molecule has 0 amide bonds. The molecule has 0 bridgehead atoms. The van der Waals surface area contributed by atoms with Gasteiger partial charge in [0.25, 0.3) is 0 Å². The predicted molar refractivity (Wildman–Crippen MR) is 71.6 cm³/mol. The fraction of sp³-hybridized carbons (Fsp3) is 0.533. The number of benzene rings is 1. The normalized spacial score (nSPS) is 26.3. The summed E-state index contributed by atoms with van der Waals surface area (Å²) in [4.78, 5) is 14.7. The molecule has 4 nitrogen and oxygen atoms in total. The summed E-state index contributed by atoms with van der Waals surface area (Å²) in [5.74, 6) is -0.815. The molecule has 0 radical (unpaired) electrons. The first-order chi connectivity index (χ1) is 9.70. The Kier molecular flexibility index (Phi) is 3.72. The number of carbonyl (C=O) groups excluding carboxylic acids is 1. The molecule has 0 aromatic heterocycles. The Hall–Kier alpha value is -1.46. The second-order valence-electron chi connectivity index (χ2n) is 5.30. The Morgan fingerprint density at radius 2 is 2.35 bits per heavy atom. The number of hydrogen-bond donors (Lipinski definition) is 0. The zero-order valence-electron chi connectivity index (χ0n) is 11.5. The molecule has 0 spiro atoms. The molecular weight excluding hydrogens is 261 g/mol. The van der Waals surface area contributed by atoms with Crippen LogP contribution in [0.3, 0.4) is 0 Å². The SMILES string of the molecule is COc1cccc(C(=O)C2CN3CCCC3CO2)c1F. The molecule has 5 heteroatoms. The van der Waals surface area contributed by atoms with Crippen LogP contribution >= 0.6 is 0 Å². The number of ketones is 1. The predicted octanol–water partition coefficient (Wildman–Crippen LogP) is 1.88. The first kappa shape index (κ1) is 13.5. The van der Waals surface area contributed by atoms with Gasteiger partial charge in [0, 0.05) is 12.6 Å². The maximum Gasteiger partial charge on any atom is 0.195 e. The molecule has 2 atom stereocenters. The quantitative estimate of drug-likeness (QED) is 0.792. The van der Waals surface area contributed by atoms with Crippen molar-refractivity contribution < 1.29 is 18.7 Å². The molecule has 2 heterocycles. The van der Waals surface area contributed by atoms with Gasteiger partial charge in [-0.2, -0.15) is 0 Å². The van der Waals surface area contributed by atoms with Crippen molar-refractivity contribution in [3.05, 3.63) is 29.6 Å². The average Bonchev–Trinajstić information content (AvgIpc) is 2.94. The van der Waals surface area contributed by atoms with Gasteiger partial charge in [-0.3, -0.25) is 9.69 Å². The lowest BCUT2D eigenvalue weighted by Crippen LogP contribution is -2.49. The minimum Gasteiger partial charge on any atom is -0.494 e. The van der Waals surface area contributed by atoms with Crippen LogP contribution in [0.2, 0.25) is 0 Å². The zero-order chi connectivity index (χ0) is 14.1. The van der Waals surface area contributed by atoms with E-state index in [0.29, 0.717) is 19.2 Å². The number of rotatable bonds is 3. The van der Waals surface area contributed by atoms with Crippen molar-refractivity contribution in [2.24, 2.45) is 0 Å². The van der Waals surface area contributed by atoms with E-state index in [1.165, 1.54) is 19.2 Å². The van der Waals surface area contributed by atoms with Crippen LogP contribution < -0.4 is 4.74 Å². The monoisotopic (exact) mass is 279 g/mol. The minimum atomic E-state index is -0.604. The number of morpholine rings is 1. The van der Waals surface area contributed by atoms with Gasteiger partial charge >= 0.3 is 0 Å². The third kappa shape index (κ3) is 2.31. The van der Waals surface area contributed by atoms with Crippen molar-refractivity contribution in [1.29, 1.82) is 0 Å². The van der Waals surface area contributed by atoms with E-state index in [4.69, 9.17) is 9.47 Å². The number of fused-ring (bicyclic) bond motifs is 1. The average molecular weight is 279 g/mol. The van der Waals surface area contributed by atoms with Gasteiger partial charge in [0.1, 0.15) is 6.10 Å². The van der Waals surface area contributed by atoms with Gasteiger partial charge in [0.2, 0.25) is 0 Å². The molecule has 1 aromatic carbocycles. The number of nitrogens with zero attached hydrogens (tertiary/aromatic N) is 1. The number of Topliss-reactive ketones (excluding diaryl/α,β-unsaturated/α-hetero) is 1. The zero-order valence-corrected chi connectivity index (χ0v) is 11.5. The fourth-order valence-electron chi connectivity index (χ4n) is 3.01. The van der Waals surface area contributed by atoms with E-state index < -0.39 is 11.9 Å². The molecule has 1 aromatic rings. The molecule has 2 unspecified atom stereocenters. The van der Waals surface area contributed by atoms with E-state index in [1.54, 1.807) is 6.07 Å². The lowest BCUT2D eigenvalue weighted by Gasteiger charge is -2.34. The minimum absolute atomic E-state index is 0.0481. The summed E-state index contributed by atoms with van der Waals surface area (Å²) < 4.78 is 24.7. The van der Waals surface area contributed by atoms with Crippen LogP contribution in [0.1, 0.15) is 23.2 Å². The van der Waals surface area contributed by atoms with Gasteiger partial charge in [-0.25, -0.2) is 4.39 Å². The highest BCUT2D eigenvalue weighted by Gasteiger charge is 2.36. The van der Waals surface area contributed by atoms with Crippen molar-refractivity contribution in [1.82, 2.24) is 4.90 Å². The molecule has 2 fully saturated rings. The fourth-order valence-corrected chi connectivity index (χ4v) is 3.01. The van der Waals surface area contributed by atoms with Crippen LogP contribution in [0.4, 0.5) is 4.39 Å². The second-order valence-corrected chi connectivity index (χ2v) is 5.30. The Labute approximate surface area is 117 Å². The maximum atomic E-state index is 14.1. The molecule has 20 heavy (non-hydrogen) atoms. The standard InChI is InChI=1S/C15H18FNO3/c1-19-12-6-2-5-11(14(12)16)15(18)13-8-17-7-3-4-10(17)9-20-13/h2,5-6,10,13H,3-4,7-9H2,1H3. The van der Waals surface area contributed by atoms with Crippen LogP contribution in [-0.4, -0.2) is 49.6 Å². The Balaban J connectivity index is 1.79. The topological polar surface area (TPSA) is 38.8 Å². The Bertz CT molecular complexity index is 520. The van der Waals surface area contributed by atoms with E-state index in [2.05, 4.69) is 4.90 Å². The van der Waals surface area contributed by atoms with Gasteiger partial charge in [0.05, 0.1) is 19.3 Å². The number of hydrogen-bond acceptors (Lipinski definition) is 4. The summed E-state index contributed by atoms with van der Waals surface area (Å²) in [7, 11) is 1.39. The van der Waals surface area contributed by atoms with Crippen LogP contribution in [0.15, 0.2) is 18.2 Å². The summed E-state index contributed by atoms with van der Waals surface area (Å²) >= 11 is 0. The number of methoxy groups -OCH3 is 1. The molecule has 0 saturated carbocycles. The molecule has 0 N–H and O–H groups in total. The van der Waals surface area contributed by atoms with E-state index in [0.717, 1.165) is 19.4 Å². The largest absolute Gasteiger partial charge is 0.494 e. The molecule has 108 valence electrons. The molecule has 2 aliphatic rings. The summed E-state index contributed by atoms with van der Waals surface area (Å²) in [5, 5.41) is 0. The summed E-state index contributed by atoms with van der Waals surface area (Å²) in [5.41, 5.74) is 0.0481. The van der Waals surface area contributed by atoms with E-state index in [1.807, 2.05) is 0 Å². The summed E-state index contributed by atoms with van der Waals surface area (Å²) in [6.45, 7) is 2.11. The van der Waals surface area contributed by atoms with Gasteiger partial charge < -0.3 is 9.47 Å². The van der Waals surface area contributed by atoms with Gasteiger partial charge in [-0.1, -0.05) is 6.07 Å². The van der Waals surface area contributed by atoms with E-state index in [-0.39, 0.29) is 17.1 Å². The highest BCUT2D eigenvalue weighted by atomic mass is 19.1. The summed E-state index contributed by atoms with van der Waals surface area (Å²) in [6, 6.07) is 5.04. The number of ether oxygens (including phenoxy) is 2. The molecule has 0 aliphatic carbocycles.